The van der Waals surface area contributed by atoms with Crippen molar-refractivity contribution in [3.8, 4) is 11.3 Å². The number of anilines is 2. The second-order valence-electron chi connectivity index (χ2n) is 9.95. The van der Waals surface area contributed by atoms with Gasteiger partial charge in [0.05, 0.1) is 5.69 Å². The van der Waals surface area contributed by atoms with Crippen molar-refractivity contribution in [1.82, 2.24) is 15.2 Å². The minimum absolute atomic E-state index is 0.530. The van der Waals surface area contributed by atoms with Crippen LogP contribution in [0.4, 0.5) is 11.6 Å². The minimum atomic E-state index is 0.530. The maximum Gasteiger partial charge on any atom is 0.154 e. The van der Waals surface area contributed by atoms with Crippen LogP contribution in [0.1, 0.15) is 67.3 Å². The zero-order valence-electron chi connectivity index (χ0n) is 21.7. The Morgan fingerprint density at radius 3 is 2.18 bits per heavy atom. The van der Waals surface area contributed by atoms with Gasteiger partial charge < -0.3 is 9.80 Å². The van der Waals surface area contributed by atoms with E-state index in [0.29, 0.717) is 5.92 Å². The summed E-state index contributed by atoms with van der Waals surface area (Å²) in [5.74, 6) is 2.64. The summed E-state index contributed by atoms with van der Waals surface area (Å²) in [4.78, 5) is 9.56. The van der Waals surface area contributed by atoms with Gasteiger partial charge in [0.1, 0.15) is 5.82 Å². The topological polar surface area (TPSA) is 45.2 Å². The molecule has 1 aliphatic heterocycles. The number of pyridine rings is 1. The van der Waals surface area contributed by atoms with Gasteiger partial charge in [-0.1, -0.05) is 51.5 Å². The van der Waals surface area contributed by atoms with Crippen LogP contribution in [0.3, 0.4) is 0 Å². The molecule has 1 saturated heterocycles. The Kier molecular flexibility index (Phi) is 7.50. The van der Waals surface area contributed by atoms with E-state index in [1.807, 2.05) is 0 Å². The van der Waals surface area contributed by atoms with Crippen LogP contribution in [0.15, 0.2) is 36.5 Å². The largest absolute Gasteiger partial charge is 0.353 e. The average molecular weight is 458 g/mol. The maximum atomic E-state index is 4.79. The highest BCUT2D eigenvalue weighted by Gasteiger charge is 2.23. The van der Waals surface area contributed by atoms with Gasteiger partial charge in [-0.3, -0.25) is 0 Å². The summed E-state index contributed by atoms with van der Waals surface area (Å²) in [6.07, 6.45) is 5.65. The Hall–Kier alpha value is -2.95. The van der Waals surface area contributed by atoms with E-state index in [4.69, 9.17) is 10.1 Å². The lowest BCUT2D eigenvalue weighted by Gasteiger charge is -2.36. The van der Waals surface area contributed by atoms with Crippen LogP contribution in [0.5, 0.6) is 0 Å². The number of aryl methyl sites for hydroxylation is 2. The molecule has 4 rings (SSSR count). The molecule has 5 heteroatoms. The van der Waals surface area contributed by atoms with Crippen LogP contribution in [-0.2, 0) is 6.42 Å². The zero-order valence-corrected chi connectivity index (χ0v) is 21.7. The molecule has 3 heterocycles. The fraction of sp³-hybridized carbons (Fsp3) is 0.483. The molecule has 0 spiro atoms. The van der Waals surface area contributed by atoms with E-state index in [1.165, 1.54) is 40.7 Å². The molecule has 1 aromatic carbocycles. The first-order valence-corrected chi connectivity index (χ1v) is 12.8. The van der Waals surface area contributed by atoms with E-state index in [0.717, 1.165) is 55.5 Å². The normalized spacial score (nSPS) is 14.2. The number of nitrogens with zero attached hydrogens (tertiary/aromatic N) is 5. The van der Waals surface area contributed by atoms with Gasteiger partial charge in [0.2, 0.25) is 0 Å². The van der Waals surface area contributed by atoms with Crippen molar-refractivity contribution in [1.29, 1.82) is 0 Å². The summed E-state index contributed by atoms with van der Waals surface area (Å²) in [7, 11) is 0. The lowest BCUT2D eigenvalue weighted by atomic mass is 9.98. The van der Waals surface area contributed by atoms with Crippen molar-refractivity contribution in [2.75, 3.05) is 36.0 Å². The number of hydrogen-bond donors (Lipinski definition) is 0. The smallest absolute Gasteiger partial charge is 0.154 e. The lowest BCUT2D eigenvalue weighted by molar-refractivity contribution is 0.635. The number of hydrogen-bond acceptors (Lipinski definition) is 5. The number of piperazine rings is 1. The quantitative estimate of drug-likeness (QED) is 0.419. The van der Waals surface area contributed by atoms with E-state index in [2.05, 4.69) is 93.0 Å². The van der Waals surface area contributed by atoms with Crippen molar-refractivity contribution < 1.29 is 0 Å². The molecule has 1 aliphatic rings. The molecule has 2 aromatic heterocycles. The standard InChI is InChI=1S/C29H39N5/c1-7-8-9-26-19-30-27(18-21(26)4)33-14-16-34(17-15-33)29-23(6)22(5)28(31-32-29)25-12-10-24(11-13-25)20(2)3/h10-13,18-20H,7-9,14-17H2,1-6H3. The molecular weight excluding hydrogens is 418 g/mol. The van der Waals surface area contributed by atoms with Gasteiger partial charge in [-0.25, -0.2) is 4.98 Å². The van der Waals surface area contributed by atoms with E-state index in [-0.39, 0.29) is 0 Å². The van der Waals surface area contributed by atoms with Crippen LogP contribution < -0.4 is 9.80 Å². The van der Waals surface area contributed by atoms with Gasteiger partial charge in [-0.2, -0.15) is 0 Å². The van der Waals surface area contributed by atoms with Crippen LogP contribution in [0, 0.1) is 20.8 Å². The first-order chi connectivity index (χ1) is 16.4. The Bertz CT molecular complexity index is 1110. The van der Waals surface area contributed by atoms with Gasteiger partial charge >= 0.3 is 0 Å². The molecule has 0 unspecified atom stereocenters. The van der Waals surface area contributed by atoms with Crippen LogP contribution in [-0.4, -0.2) is 41.4 Å². The summed E-state index contributed by atoms with van der Waals surface area (Å²) in [6.45, 7) is 17.0. The molecule has 1 fully saturated rings. The average Bonchev–Trinajstić information content (AvgIpc) is 2.85. The number of rotatable bonds is 7. The monoisotopic (exact) mass is 457 g/mol. The molecule has 3 aromatic rings. The highest BCUT2D eigenvalue weighted by Crippen LogP contribution is 2.30. The second kappa shape index (κ2) is 10.5. The fourth-order valence-corrected chi connectivity index (χ4v) is 4.71. The summed E-state index contributed by atoms with van der Waals surface area (Å²) in [5, 5.41) is 9.35. The Labute approximate surface area is 205 Å². The minimum Gasteiger partial charge on any atom is -0.353 e. The molecule has 0 amide bonds. The van der Waals surface area contributed by atoms with Crippen molar-refractivity contribution in [3.05, 3.63) is 64.3 Å². The summed E-state index contributed by atoms with van der Waals surface area (Å²) < 4.78 is 0. The van der Waals surface area contributed by atoms with Crippen molar-refractivity contribution >= 4 is 11.6 Å². The third kappa shape index (κ3) is 5.08. The van der Waals surface area contributed by atoms with Gasteiger partial charge in [-0.05, 0) is 73.4 Å². The van der Waals surface area contributed by atoms with E-state index >= 15 is 0 Å². The number of aromatic nitrogens is 3. The van der Waals surface area contributed by atoms with Crippen LogP contribution >= 0.6 is 0 Å². The first-order valence-electron chi connectivity index (χ1n) is 12.8. The van der Waals surface area contributed by atoms with E-state index < -0.39 is 0 Å². The molecule has 0 aliphatic carbocycles. The van der Waals surface area contributed by atoms with E-state index in [1.54, 1.807) is 0 Å². The summed E-state index contributed by atoms with van der Waals surface area (Å²) >= 11 is 0. The highest BCUT2D eigenvalue weighted by atomic mass is 15.3. The van der Waals surface area contributed by atoms with Gasteiger partial charge in [-0.15, -0.1) is 10.2 Å². The Morgan fingerprint density at radius 2 is 1.56 bits per heavy atom. The van der Waals surface area contributed by atoms with Crippen LogP contribution in [0.2, 0.25) is 0 Å². The second-order valence-corrected chi connectivity index (χ2v) is 9.95. The maximum absolute atomic E-state index is 4.79. The molecule has 0 bridgehead atoms. The first kappa shape index (κ1) is 24.2. The number of unbranched alkanes of at least 4 members (excludes halogenated alkanes) is 1. The molecule has 5 nitrogen and oxygen atoms in total. The lowest BCUT2D eigenvalue weighted by Crippen LogP contribution is -2.47. The fourth-order valence-electron chi connectivity index (χ4n) is 4.71. The van der Waals surface area contributed by atoms with Gasteiger partial charge in [0, 0.05) is 37.9 Å². The molecule has 0 N–H and O–H groups in total. The molecule has 0 radical (unpaired) electrons. The molecule has 34 heavy (non-hydrogen) atoms. The van der Waals surface area contributed by atoms with E-state index in [9.17, 15) is 0 Å². The van der Waals surface area contributed by atoms with Gasteiger partial charge in [0.15, 0.2) is 5.82 Å². The molecule has 0 atom stereocenters. The molecular formula is C29H39N5. The van der Waals surface area contributed by atoms with Gasteiger partial charge in [0.25, 0.3) is 0 Å². The predicted molar refractivity (Wildman–Crippen MR) is 143 cm³/mol. The summed E-state index contributed by atoms with van der Waals surface area (Å²) in [6, 6.07) is 11.0. The zero-order chi connectivity index (χ0) is 24.2. The Morgan fingerprint density at radius 1 is 0.882 bits per heavy atom. The van der Waals surface area contributed by atoms with Crippen LogP contribution in [0.25, 0.3) is 11.3 Å². The number of benzene rings is 1. The molecule has 0 saturated carbocycles. The summed E-state index contributed by atoms with van der Waals surface area (Å²) in [5.41, 5.74) is 8.64. The molecule has 180 valence electrons. The Balaban J connectivity index is 1.45. The van der Waals surface area contributed by atoms with Crippen molar-refractivity contribution in [2.45, 2.75) is 66.7 Å². The highest BCUT2D eigenvalue weighted by molar-refractivity contribution is 5.67. The predicted octanol–water partition coefficient (Wildman–Crippen LogP) is 6.26. The SMILES string of the molecule is CCCCc1cnc(N2CCN(c3nnc(-c4ccc(C(C)C)cc4)c(C)c3C)CC2)cc1C. The third-order valence-corrected chi connectivity index (χ3v) is 7.26. The van der Waals surface area contributed by atoms with Crippen molar-refractivity contribution in [2.24, 2.45) is 0 Å². The third-order valence-electron chi connectivity index (χ3n) is 7.26. The van der Waals surface area contributed by atoms with Crippen molar-refractivity contribution in [3.63, 3.8) is 0 Å².